The van der Waals surface area contributed by atoms with Gasteiger partial charge in [-0.3, -0.25) is 4.79 Å². The van der Waals surface area contributed by atoms with Crippen molar-refractivity contribution in [3.8, 4) is 0 Å². The summed E-state index contributed by atoms with van der Waals surface area (Å²) in [5, 5.41) is 9.08. The lowest BCUT2D eigenvalue weighted by Crippen LogP contribution is -2.15. The zero-order valence-corrected chi connectivity index (χ0v) is 10.8. The number of carboxylic acids is 1. The Hall–Kier alpha value is -1.21. The van der Waals surface area contributed by atoms with E-state index in [0.717, 1.165) is 0 Å². The van der Waals surface area contributed by atoms with Crippen molar-refractivity contribution in [3.05, 3.63) is 37.3 Å². The van der Waals surface area contributed by atoms with Crippen LogP contribution < -0.4 is 5.56 Å². The molecule has 5 nitrogen and oxygen atoms in total. The third-order valence-corrected chi connectivity index (χ3v) is 2.99. The molecule has 0 saturated carbocycles. The molecular formula is C9H4Br2N2O3. The van der Waals surface area contributed by atoms with Gasteiger partial charge in [-0.05, 0) is 28.1 Å². The van der Waals surface area contributed by atoms with Crippen LogP contribution in [-0.4, -0.2) is 21.0 Å². The summed E-state index contributed by atoms with van der Waals surface area (Å²) in [7, 11) is 0. The third kappa shape index (κ3) is 1.88. The number of rotatable bonds is 1. The molecular weight excluding hydrogens is 344 g/mol. The number of benzene rings is 1. The maximum Gasteiger partial charge on any atom is 0.372 e. The largest absolute Gasteiger partial charge is 0.475 e. The van der Waals surface area contributed by atoms with Gasteiger partial charge in [-0.25, -0.2) is 9.78 Å². The van der Waals surface area contributed by atoms with Crippen molar-refractivity contribution in [2.45, 2.75) is 0 Å². The molecule has 0 spiro atoms. The number of aromatic amines is 1. The molecule has 1 aromatic carbocycles. The Bertz CT molecular complexity index is 651. The Morgan fingerprint density at radius 1 is 1.38 bits per heavy atom. The quantitative estimate of drug-likeness (QED) is 0.827. The van der Waals surface area contributed by atoms with Crippen molar-refractivity contribution in [2.24, 2.45) is 0 Å². The van der Waals surface area contributed by atoms with Crippen molar-refractivity contribution in [1.82, 2.24) is 9.97 Å². The van der Waals surface area contributed by atoms with Gasteiger partial charge in [0.1, 0.15) is 0 Å². The summed E-state index contributed by atoms with van der Waals surface area (Å²) in [6, 6.07) is 3.28. The summed E-state index contributed by atoms with van der Waals surface area (Å²) in [5.41, 5.74) is -0.159. The summed E-state index contributed by atoms with van der Waals surface area (Å²) in [6.45, 7) is 0. The zero-order valence-electron chi connectivity index (χ0n) is 7.62. The molecule has 2 aromatic rings. The second-order valence-corrected chi connectivity index (χ2v) is 4.77. The van der Waals surface area contributed by atoms with Crippen LogP contribution in [0.2, 0.25) is 0 Å². The number of aromatic nitrogens is 2. The van der Waals surface area contributed by atoms with Gasteiger partial charge in [0.25, 0.3) is 5.56 Å². The Balaban J connectivity index is 2.93. The first kappa shape index (κ1) is 11.3. The number of nitrogens with zero attached hydrogens (tertiary/aromatic N) is 1. The van der Waals surface area contributed by atoms with Gasteiger partial charge in [0.2, 0.25) is 5.82 Å². The average Bonchev–Trinajstić information content (AvgIpc) is 2.19. The van der Waals surface area contributed by atoms with Crippen LogP contribution in [-0.2, 0) is 0 Å². The molecule has 2 N–H and O–H groups in total. The first-order valence-electron chi connectivity index (χ1n) is 4.11. The highest BCUT2D eigenvalue weighted by Gasteiger charge is 2.12. The average molecular weight is 348 g/mol. The van der Waals surface area contributed by atoms with E-state index in [1.165, 1.54) is 0 Å². The molecule has 0 bridgehead atoms. The topological polar surface area (TPSA) is 83.0 Å². The number of hydrogen-bond donors (Lipinski definition) is 2. The maximum atomic E-state index is 11.6. The van der Waals surface area contributed by atoms with Crippen LogP contribution in [0.4, 0.5) is 0 Å². The molecule has 0 aliphatic heterocycles. The molecule has 0 saturated heterocycles. The summed E-state index contributed by atoms with van der Waals surface area (Å²) in [5.74, 6) is -1.64. The van der Waals surface area contributed by atoms with Gasteiger partial charge < -0.3 is 10.1 Å². The van der Waals surface area contributed by atoms with E-state index in [4.69, 9.17) is 5.11 Å². The zero-order chi connectivity index (χ0) is 11.9. The molecule has 0 fully saturated rings. The van der Waals surface area contributed by atoms with Crippen LogP contribution in [0.15, 0.2) is 25.9 Å². The van der Waals surface area contributed by atoms with Crippen LogP contribution in [0.25, 0.3) is 10.9 Å². The van der Waals surface area contributed by atoms with E-state index < -0.39 is 11.5 Å². The van der Waals surface area contributed by atoms with Crippen LogP contribution in [0, 0.1) is 0 Å². The number of aromatic carboxylic acids is 1. The molecule has 1 heterocycles. The van der Waals surface area contributed by atoms with Crippen LogP contribution in [0.5, 0.6) is 0 Å². The third-order valence-electron chi connectivity index (χ3n) is 1.93. The van der Waals surface area contributed by atoms with Gasteiger partial charge in [0.15, 0.2) is 0 Å². The fourth-order valence-corrected chi connectivity index (χ4v) is 2.58. The second-order valence-electron chi connectivity index (χ2n) is 3.00. The first-order valence-corrected chi connectivity index (χ1v) is 5.70. The number of halogens is 2. The number of nitrogens with one attached hydrogen (secondary N) is 1. The van der Waals surface area contributed by atoms with Crippen molar-refractivity contribution < 1.29 is 9.90 Å². The maximum absolute atomic E-state index is 11.6. The molecule has 7 heteroatoms. The van der Waals surface area contributed by atoms with Crippen molar-refractivity contribution in [2.75, 3.05) is 0 Å². The summed E-state index contributed by atoms with van der Waals surface area (Å²) in [4.78, 5) is 28.4. The Morgan fingerprint density at radius 2 is 2.06 bits per heavy atom. The van der Waals surface area contributed by atoms with Crippen LogP contribution >= 0.6 is 31.9 Å². The summed E-state index contributed by atoms with van der Waals surface area (Å²) < 4.78 is 1.27. The molecule has 0 unspecified atom stereocenters. The summed E-state index contributed by atoms with van der Waals surface area (Å²) in [6.07, 6.45) is 0. The van der Waals surface area contributed by atoms with E-state index in [0.29, 0.717) is 19.8 Å². The highest BCUT2D eigenvalue weighted by atomic mass is 79.9. The monoisotopic (exact) mass is 346 g/mol. The van der Waals surface area contributed by atoms with E-state index >= 15 is 0 Å². The van der Waals surface area contributed by atoms with Crippen molar-refractivity contribution >= 4 is 48.7 Å². The van der Waals surface area contributed by atoms with Gasteiger partial charge in [-0.2, -0.15) is 0 Å². The fourth-order valence-electron chi connectivity index (χ4n) is 1.27. The van der Waals surface area contributed by atoms with Gasteiger partial charge >= 0.3 is 5.97 Å². The van der Waals surface area contributed by atoms with Gasteiger partial charge in [0.05, 0.1) is 10.9 Å². The lowest BCUT2D eigenvalue weighted by atomic mass is 10.2. The van der Waals surface area contributed by atoms with Crippen molar-refractivity contribution in [1.29, 1.82) is 0 Å². The molecule has 0 amide bonds. The SMILES string of the molecule is O=C(O)c1nc2c(Br)cc(Br)cc2c(=O)[nH]1. The molecule has 1 aromatic heterocycles. The minimum atomic E-state index is -1.27. The molecule has 0 atom stereocenters. The van der Waals surface area contributed by atoms with E-state index in [9.17, 15) is 9.59 Å². The smallest absolute Gasteiger partial charge is 0.372 e. The minimum absolute atomic E-state index is 0.323. The minimum Gasteiger partial charge on any atom is -0.475 e. The predicted octanol–water partition coefficient (Wildman–Crippen LogP) is 2.15. The molecule has 2 rings (SSSR count). The normalized spacial score (nSPS) is 10.6. The fraction of sp³-hybridized carbons (Fsp3) is 0. The molecule has 0 radical (unpaired) electrons. The van der Waals surface area contributed by atoms with Gasteiger partial charge in [-0.1, -0.05) is 15.9 Å². The van der Waals surface area contributed by atoms with Crippen LogP contribution in [0.1, 0.15) is 10.6 Å². The standard InChI is InChI=1S/C9H4Br2N2O3/c10-3-1-4-6(5(11)2-3)12-7(9(15)16)13-8(4)14/h1-2H,(H,15,16)(H,12,13,14). The second kappa shape index (κ2) is 3.99. The van der Waals surface area contributed by atoms with E-state index in [-0.39, 0.29) is 5.82 Å². The number of carbonyl (C=O) groups is 1. The van der Waals surface area contributed by atoms with Gasteiger partial charge in [0, 0.05) is 8.95 Å². The van der Waals surface area contributed by atoms with Gasteiger partial charge in [-0.15, -0.1) is 0 Å². The molecule has 0 aliphatic rings. The molecule has 0 aliphatic carbocycles. The van der Waals surface area contributed by atoms with Crippen LogP contribution in [0.3, 0.4) is 0 Å². The first-order chi connectivity index (χ1) is 7.49. The van der Waals surface area contributed by atoms with E-state index in [1.807, 2.05) is 0 Å². The number of H-pyrrole nitrogens is 1. The number of carboxylic acid groups (broad SMARTS) is 1. The Labute approximate surface area is 106 Å². The lowest BCUT2D eigenvalue weighted by molar-refractivity contribution is 0.0683. The number of hydrogen-bond acceptors (Lipinski definition) is 3. The Morgan fingerprint density at radius 3 is 2.69 bits per heavy atom. The summed E-state index contributed by atoms with van der Waals surface area (Å²) >= 11 is 6.46. The molecule has 82 valence electrons. The van der Waals surface area contributed by atoms with Crippen molar-refractivity contribution in [3.63, 3.8) is 0 Å². The lowest BCUT2D eigenvalue weighted by Gasteiger charge is -2.02. The highest BCUT2D eigenvalue weighted by Crippen LogP contribution is 2.24. The molecule has 16 heavy (non-hydrogen) atoms. The predicted molar refractivity (Wildman–Crippen MR) is 64.7 cm³/mol. The van der Waals surface area contributed by atoms with E-state index in [2.05, 4.69) is 41.8 Å². The Kier molecular flexibility index (Phi) is 2.81. The number of fused-ring (bicyclic) bond motifs is 1. The van der Waals surface area contributed by atoms with E-state index in [1.54, 1.807) is 12.1 Å². The highest BCUT2D eigenvalue weighted by molar-refractivity contribution is 9.11.